The normalized spacial score (nSPS) is 36.8. The molecular formula is C17H19Cl2NO. The Morgan fingerprint density at radius 3 is 2.19 bits per heavy atom. The van der Waals surface area contributed by atoms with E-state index >= 15 is 0 Å². The third kappa shape index (κ3) is 2.47. The molecule has 4 aliphatic carbocycles. The highest BCUT2D eigenvalue weighted by atomic mass is 35.5. The molecule has 4 aliphatic rings. The molecule has 1 aromatic carbocycles. The summed E-state index contributed by atoms with van der Waals surface area (Å²) in [5, 5.41) is 4.27. The van der Waals surface area contributed by atoms with Crippen molar-refractivity contribution >= 4 is 29.1 Å². The van der Waals surface area contributed by atoms with E-state index in [0.29, 0.717) is 33.5 Å². The standard InChI is InChI=1S/C17H19Cl2NO/c18-13-1-2-14(15(19)8-13)17(21)20-16-11-4-9-3-10(6-11)7-12(16)5-9/h1-2,8-12,16H,3-7H2,(H,20,21). The van der Waals surface area contributed by atoms with Gasteiger partial charge in [-0.25, -0.2) is 0 Å². The Balaban J connectivity index is 1.52. The maximum atomic E-state index is 12.5. The lowest BCUT2D eigenvalue weighted by atomic mass is 9.54. The van der Waals surface area contributed by atoms with Crippen LogP contribution in [0.1, 0.15) is 42.5 Å². The van der Waals surface area contributed by atoms with Crippen LogP contribution in [-0.2, 0) is 0 Å². The van der Waals surface area contributed by atoms with Crippen molar-refractivity contribution in [3.05, 3.63) is 33.8 Å². The van der Waals surface area contributed by atoms with Gasteiger partial charge >= 0.3 is 0 Å². The number of halogens is 2. The largest absolute Gasteiger partial charge is 0.349 e. The van der Waals surface area contributed by atoms with Gasteiger partial charge in [0.25, 0.3) is 5.91 Å². The second-order valence-corrected chi connectivity index (χ2v) is 7.90. The predicted molar refractivity (Wildman–Crippen MR) is 84.8 cm³/mol. The van der Waals surface area contributed by atoms with Crippen molar-refractivity contribution < 1.29 is 4.79 Å². The minimum Gasteiger partial charge on any atom is -0.349 e. The molecule has 1 amide bonds. The van der Waals surface area contributed by atoms with Crippen molar-refractivity contribution in [3.63, 3.8) is 0 Å². The van der Waals surface area contributed by atoms with Gasteiger partial charge in [-0.2, -0.15) is 0 Å². The van der Waals surface area contributed by atoms with Crippen molar-refractivity contribution in [1.29, 1.82) is 0 Å². The fourth-order valence-electron chi connectivity index (χ4n) is 5.06. The summed E-state index contributed by atoms with van der Waals surface area (Å²) in [4.78, 5) is 12.5. The van der Waals surface area contributed by atoms with Gasteiger partial charge < -0.3 is 5.32 Å². The Hall–Kier alpha value is -0.730. The molecule has 0 atom stereocenters. The number of carbonyl (C=O) groups is 1. The number of benzene rings is 1. The summed E-state index contributed by atoms with van der Waals surface area (Å²) in [5.41, 5.74) is 0.537. The molecule has 112 valence electrons. The summed E-state index contributed by atoms with van der Waals surface area (Å²) in [6.45, 7) is 0. The van der Waals surface area contributed by atoms with Crippen LogP contribution in [0.25, 0.3) is 0 Å². The Bertz CT molecular complexity index is 558. The molecule has 0 saturated heterocycles. The molecule has 1 N–H and O–H groups in total. The monoisotopic (exact) mass is 323 g/mol. The van der Waals surface area contributed by atoms with E-state index in [0.717, 1.165) is 11.8 Å². The summed E-state index contributed by atoms with van der Waals surface area (Å²) in [6.07, 6.45) is 6.62. The molecule has 21 heavy (non-hydrogen) atoms. The highest BCUT2D eigenvalue weighted by Gasteiger charge is 2.48. The zero-order chi connectivity index (χ0) is 14.6. The van der Waals surface area contributed by atoms with Crippen LogP contribution in [0, 0.1) is 23.7 Å². The first-order valence-corrected chi connectivity index (χ1v) is 8.61. The molecule has 4 heteroatoms. The number of nitrogens with one attached hydrogen (secondary N) is 1. The van der Waals surface area contributed by atoms with E-state index in [2.05, 4.69) is 5.32 Å². The average molecular weight is 324 g/mol. The van der Waals surface area contributed by atoms with Crippen molar-refractivity contribution in [2.24, 2.45) is 23.7 Å². The maximum absolute atomic E-state index is 12.5. The van der Waals surface area contributed by atoms with E-state index < -0.39 is 0 Å². The molecule has 0 aliphatic heterocycles. The van der Waals surface area contributed by atoms with Crippen LogP contribution in [0.5, 0.6) is 0 Å². The molecule has 4 fully saturated rings. The Morgan fingerprint density at radius 1 is 1.00 bits per heavy atom. The highest BCUT2D eigenvalue weighted by molar-refractivity contribution is 6.36. The fourth-order valence-corrected chi connectivity index (χ4v) is 5.56. The number of rotatable bonds is 2. The smallest absolute Gasteiger partial charge is 0.253 e. The zero-order valence-electron chi connectivity index (χ0n) is 11.8. The number of hydrogen-bond acceptors (Lipinski definition) is 1. The van der Waals surface area contributed by atoms with E-state index in [1.807, 2.05) is 0 Å². The predicted octanol–water partition coefficient (Wildman–Crippen LogP) is 4.55. The Labute approximate surface area is 135 Å². The third-order valence-electron chi connectivity index (χ3n) is 5.70. The summed E-state index contributed by atoms with van der Waals surface area (Å²) in [7, 11) is 0. The molecular weight excluding hydrogens is 305 g/mol. The second kappa shape index (κ2) is 5.17. The van der Waals surface area contributed by atoms with E-state index in [1.54, 1.807) is 18.2 Å². The first-order chi connectivity index (χ1) is 10.1. The molecule has 0 spiro atoms. The molecule has 0 aromatic heterocycles. The first kappa shape index (κ1) is 13.9. The first-order valence-electron chi connectivity index (χ1n) is 7.86. The number of carbonyl (C=O) groups excluding carboxylic acids is 1. The Morgan fingerprint density at radius 2 is 1.62 bits per heavy atom. The molecule has 4 bridgehead atoms. The fraction of sp³-hybridized carbons (Fsp3) is 0.588. The lowest BCUT2D eigenvalue weighted by Gasteiger charge is -2.54. The number of hydrogen-bond donors (Lipinski definition) is 1. The van der Waals surface area contributed by atoms with Gasteiger partial charge in [-0.15, -0.1) is 0 Å². The summed E-state index contributed by atoms with van der Waals surface area (Å²) in [5.74, 6) is 3.14. The quantitative estimate of drug-likeness (QED) is 0.850. The van der Waals surface area contributed by atoms with Crippen LogP contribution in [0.3, 0.4) is 0 Å². The van der Waals surface area contributed by atoms with Crippen LogP contribution in [0.15, 0.2) is 18.2 Å². The molecule has 4 saturated carbocycles. The SMILES string of the molecule is O=C(NC1C2CC3CC(C2)CC1C3)c1ccc(Cl)cc1Cl. The minimum absolute atomic E-state index is 0.0471. The molecule has 2 nitrogen and oxygen atoms in total. The molecule has 0 radical (unpaired) electrons. The lowest BCUT2D eigenvalue weighted by Crippen LogP contribution is -2.55. The molecule has 5 rings (SSSR count). The molecule has 0 heterocycles. The third-order valence-corrected chi connectivity index (χ3v) is 6.25. The van der Waals surface area contributed by atoms with E-state index in [4.69, 9.17) is 23.2 Å². The van der Waals surface area contributed by atoms with Gasteiger partial charge in [-0.05, 0) is 74.0 Å². The van der Waals surface area contributed by atoms with Crippen molar-refractivity contribution in [2.45, 2.75) is 38.1 Å². The second-order valence-electron chi connectivity index (χ2n) is 7.05. The molecule has 1 aromatic rings. The van der Waals surface area contributed by atoms with Gasteiger partial charge in [-0.3, -0.25) is 4.79 Å². The van der Waals surface area contributed by atoms with Crippen LogP contribution < -0.4 is 5.32 Å². The van der Waals surface area contributed by atoms with Crippen LogP contribution in [-0.4, -0.2) is 11.9 Å². The minimum atomic E-state index is -0.0471. The summed E-state index contributed by atoms with van der Waals surface area (Å²) >= 11 is 12.0. The van der Waals surface area contributed by atoms with Gasteiger partial charge in [-0.1, -0.05) is 23.2 Å². The maximum Gasteiger partial charge on any atom is 0.253 e. The lowest BCUT2D eigenvalue weighted by molar-refractivity contribution is -0.0119. The van der Waals surface area contributed by atoms with Gasteiger partial charge in [0.1, 0.15) is 0 Å². The van der Waals surface area contributed by atoms with Gasteiger partial charge in [0.05, 0.1) is 10.6 Å². The van der Waals surface area contributed by atoms with Gasteiger partial charge in [0.15, 0.2) is 0 Å². The number of amides is 1. The van der Waals surface area contributed by atoms with Gasteiger partial charge in [0, 0.05) is 11.1 Å². The van der Waals surface area contributed by atoms with Crippen molar-refractivity contribution in [3.8, 4) is 0 Å². The van der Waals surface area contributed by atoms with Crippen LogP contribution in [0.2, 0.25) is 10.0 Å². The zero-order valence-corrected chi connectivity index (χ0v) is 13.3. The van der Waals surface area contributed by atoms with Crippen molar-refractivity contribution in [1.82, 2.24) is 5.32 Å². The van der Waals surface area contributed by atoms with Crippen LogP contribution >= 0.6 is 23.2 Å². The van der Waals surface area contributed by atoms with Crippen LogP contribution in [0.4, 0.5) is 0 Å². The van der Waals surface area contributed by atoms with Gasteiger partial charge in [0.2, 0.25) is 0 Å². The summed E-state index contributed by atoms with van der Waals surface area (Å²) < 4.78 is 0. The van der Waals surface area contributed by atoms with E-state index in [9.17, 15) is 4.79 Å². The summed E-state index contributed by atoms with van der Waals surface area (Å²) in [6, 6.07) is 5.42. The topological polar surface area (TPSA) is 29.1 Å². The average Bonchev–Trinajstić information content (AvgIpc) is 2.41. The van der Waals surface area contributed by atoms with E-state index in [1.165, 1.54) is 32.1 Å². The Kier molecular flexibility index (Phi) is 3.42. The van der Waals surface area contributed by atoms with Crippen molar-refractivity contribution in [2.75, 3.05) is 0 Å². The molecule has 0 unspecified atom stereocenters. The van der Waals surface area contributed by atoms with E-state index in [-0.39, 0.29) is 5.91 Å². The highest BCUT2D eigenvalue weighted by Crippen LogP contribution is 2.53.